The molecule has 0 unspecified atom stereocenters. The molecule has 5 nitrogen and oxygen atoms in total. The third-order valence-electron chi connectivity index (χ3n) is 5.18. The van der Waals surface area contributed by atoms with E-state index in [1.165, 1.54) is 12.1 Å². The van der Waals surface area contributed by atoms with Crippen LogP contribution >= 0.6 is 12.2 Å². The second-order valence-electron chi connectivity index (χ2n) is 7.54. The van der Waals surface area contributed by atoms with Crippen LogP contribution in [0.25, 0.3) is 0 Å². The van der Waals surface area contributed by atoms with Gasteiger partial charge in [-0.1, -0.05) is 12.1 Å². The fourth-order valence-corrected chi connectivity index (χ4v) is 4.24. The zero-order valence-electron chi connectivity index (χ0n) is 15.6. The number of carbonyl (C=O) groups excluding carboxylic acids is 1. The van der Waals surface area contributed by atoms with Gasteiger partial charge in [0.15, 0.2) is 5.11 Å². The number of likely N-dealkylation sites (tertiary alicyclic amines) is 1. The Kier molecular flexibility index (Phi) is 5.48. The Morgan fingerprint density at radius 2 is 1.96 bits per heavy atom. The number of thiocarbonyl (C=S) groups is 1. The summed E-state index contributed by atoms with van der Waals surface area (Å²) in [5, 5.41) is 7.57. The fourth-order valence-electron chi connectivity index (χ4n) is 3.82. The topological polar surface area (TPSA) is 47.6 Å². The first-order valence-electron chi connectivity index (χ1n) is 9.20. The van der Waals surface area contributed by atoms with Crippen LogP contribution in [-0.4, -0.2) is 51.7 Å². The zero-order valence-corrected chi connectivity index (χ0v) is 16.4. The minimum atomic E-state index is -0.352. The Labute approximate surface area is 159 Å². The van der Waals surface area contributed by atoms with E-state index in [2.05, 4.69) is 29.4 Å². The van der Waals surface area contributed by atoms with E-state index in [1.807, 2.05) is 11.8 Å². The molecule has 1 atom stereocenters. The van der Waals surface area contributed by atoms with Crippen molar-refractivity contribution in [3.8, 4) is 0 Å². The van der Waals surface area contributed by atoms with Crippen LogP contribution in [0.15, 0.2) is 24.3 Å². The first kappa shape index (κ1) is 19.0. The third-order valence-corrected chi connectivity index (χ3v) is 5.56. The predicted octanol–water partition coefficient (Wildman–Crippen LogP) is 2.22. The van der Waals surface area contributed by atoms with Crippen molar-refractivity contribution < 1.29 is 9.18 Å². The Bertz CT molecular complexity index is 671. The summed E-state index contributed by atoms with van der Waals surface area (Å²) in [5.41, 5.74) is 0.587. The lowest BCUT2D eigenvalue weighted by Gasteiger charge is -2.45. The molecule has 1 amide bonds. The minimum absolute atomic E-state index is 0.102. The molecule has 7 heteroatoms. The maximum Gasteiger partial charge on any atom is 0.241 e. The van der Waals surface area contributed by atoms with Crippen molar-refractivity contribution in [2.75, 3.05) is 13.1 Å². The van der Waals surface area contributed by atoms with Crippen molar-refractivity contribution >= 4 is 23.2 Å². The molecule has 26 heavy (non-hydrogen) atoms. The van der Waals surface area contributed by atoms with Crippen molar-refractivity contribution in [2.45, 2.75) is 57.9 Å². The van der Waals surface area contributed by atoms with Gasteiger partial charge in [-0.25, -0.2) is 4.39 Å². The number of halogens is 1. The molecule has 2 saturated heterocycles. The number of hydrogen-bond donors (Lipinski definition) is 2. The molecule has 142 valence electrons. The number of benzene rings is 1. The predicted molar refractivity (Wildman–Crippen MR) is 104 cm³/mol. The molecule has 1 spiro atoms. The molecule has 0 aromatic heterocycles. The van der Waals surface area contributed by atoms with Gasteiger partial charge in [0.05, 0.1) is 11.7 Å². The molecule has 2 aliphatic heterocycles. The van der Waals surface area contributed by atoms with Crippen LogP contribution in [-0.2, 0) is 11.3 Å². The molecule has 0 aliphatic carbocycles. The molecule has 1 aromatic carbocycles. The van der Waals surface area contributed by atoms with Crippen LogP contribution in [0.2, 0.25) is 0 Å². The number of piperidine rings is 1. The number of rotatable bonds is 3. The van der Waals surface area contributed by atoms with E-state index in [-0.39, 0.29) is 23.4 Å². The van der Waals surface area contributed by atoms with Gasteiger partial charge in [-0.05, 0) is 50.7 Å². The molecular weight excluding hydrogens is 351 g/mol. The van der Waals surface area contributed by atoms with Gasteiger partial charge in [0, 0.05) is 38.5 Å². The van der Waals surface area contributed by atoms with E-state index in [9.17, 15) is 9.18 Å². The summed E-state index contributed by atoms with van der Waals surface area (Å²) in [6.07, 6.45) is 1.62. The van der Waals surface area contributed by atoms with E-state index in [4.69, 9.17) is 12.2 Å². The maximum atomic E-state index is 13.2. The maximum absolute atomic E-state index is 13.2. The molecule has 2 heterocycles. The minimum Gasteiger partial charge on any atom is -0.360 e. The Balaban J connectivity index is 1.72. The van der Waals surface area contributed by atoms with Crippen LogP contribution in [0, 0.1) is 5.82 Å². The van der Waals surface area contributed by atoms with Gasteiger partial charge in [-0.2, -0.15) is 0 Å². The first-order valence-corrected chi connectivity index (χ1v) is 9.61. The Hall–Kier alpha value is -1.73. The van der Waals surface area contributed by atoms with E-state index in [1.54, 1.807) is 12.1 Å². The first-order chi connectivity index (χ1) is 12.3. The van der Waals surface area contributed by atoms with Crippen molar-refractivity contribution in [3.05, 3.63) is 35.6 Å². The quantitative estimate of drug-likeness (QED) is 0.790. The highest BCUT2D eigenvalue weighted by Crippen LogP contribution is 2.33. The van der Waals surface area contributed by atoms with Crippen LogP contribution < -0.4 is 10.6 Å². The van der Waals surface area contributed by atoms with Crippen LogP contribution in [0.4, 0.5) is 4.39 Å². The average molecular weight is 379 g/mol. The standard InChI is InChI=1S/C19H27FN4OS/c1-13(2)21-18(26)23-10-8-19(9-11-23)22-14(3)17(25)24(19)12-15-4-6-16(20)7-5-15/h4-7,13-14,22H,8-12H2,1-3H3,(H,21,26)/t14-/m1/s1. The van der Waals surface area contributed by atoms with Crippen LogP contribution in [0.5, 0.6) is 0 Å². The van der Waals surface area contributed by atoms with Gasteiger partial charge in [0.1, 0.15) is 5.82 Å². The van der Waals surface area contributed by atoms with Crippen LogP contribution in [0.1, 0.15) is 39.2 Å². The SMILES string of the molecule is CC(C)NC(=S)N1CCC2(CC1)N[C@H](C)C(=O)N2Cc1ccc(F)cc1. The summed E-state index contributed by atoms with van der Waals surface area (Å²) in [5.74, 6) is -0.159. The van der Waals surface area contributed by atoms with E-state index >= 15 is 0 Å². The van der Waals surface area contributed by atoms with Gasteiger partial charge in [0.25, 0.3) is 0 Å². The van der Waals surface area contributed by atoms with E-state index in [0.29, 0.717) is 12.6 Å². The lowest BCUT2D eigenvalue weighted by Crippen LogP contribution is -2.60. The highest BCUT2D eigenvalue weighted by Gasteiger charge is 2.50. The second-order valence-corrected chi connectivity index (χ2v) is 7.93. The summed E-state index contributed by atoms with van der Waals surface area (Å²) in [6, 6.07) is 6.48. The van der Waals surface area contributed by atoms with E-state index in [0.717, 1.165) is 36.6 Å². The summed E-state index contributed by atoms with van der Waals surface area (Å²) >= 11 is 5.48. The normalized spacial score (nSPS) is 22.3. The number of nitrogens with one attached hydrogen (secondary N) is 2. The smallest absolute Gasteiger partial charge is 0.241 e. The molecular formula is C19H27FN4OS. The van der Waals surface area contributed by atoms with Crippen molar-refractivity contribution in [1.82, 2.24) is 20.4 Å². The Morgan fingerprint density at radius 3 is 2.54 bits per heavy atom. The van der Waals surface area contributed by atoms with Crippen molar-refractivity contribution in [3.63, 3.8) is 0 Å². The van der Waals surface area contributed by atoms with Gasteiger partial charge in [0.2, 0.25) is 5.91 Å². The number of carbonyl (C=O) groups is 1. The lowest BCUT2D eigenvalue weighted by atomic mass is 9.95. The van der Waals surface area contributed by atoms with Crippen molar-refractivity contribution in [2.24, 2.45) is 0 Å². The Morgan fingerprint density at radius 1 is 1.35 bits per heavy atom. The summed E-state index contributed by atoms with van der Waals surface area (Å²) in [6.45, 7) is 8.14. The second kappa shape index (κ2) is 7.48. The molecule has 1 aromatic rings. The zero-order chi connectivity index (χ0) is 18.9. The highest BCUT2D eigenvalue weighted by molar-refractivity contribution is 7.80. The number of hydrogen-bond acceptors (Lipinski definition) is 3. The molecule has 0 saturated carbocycles. The van der Waals surface area contributed by atoms with Crippen molar-refractivity contribution in [1.29, 1.82) is 0 Å². The molecule has 2 fully saturated rings. The molecule has 2 aliphatic rings. The van der Waals surface area contributed by atoms with E-state index < -0.39 is 0 Å². The number of nitrogens with zero attached hydrogens (tertiary/aromatic N) is 2. The average Bonchev–Trinajstić information content (AvgIpc) is 2.81. The number of amides is 1. The fraction of sp³-hybridized carbons (Fsp3) is 0.579. The summed E-state index contributed by atoms with van der Waals surface area (Å²) in [7, 11) is 0. The van der Waals surface area contributed by atoms with Gasteiger partial charge in [-0.3, -0.25) is 10.1 Å². The molecule has 3 rings (SSSR count). The monoisotopic (exact) mass is 378 g/mol. The van der Waals surface area contributed by atoms with Gasteiger partial charge < -0.3 is 15.1 Å². The summed E-state index contributed by atoms with van der Waals surface area (Å²) in [4.78, 5) is 16.9. The highest BCUT2D eigenvalue weighted by atomic mass is 32.1. The summed E-state index contributed by atoms with van der Waals surface area (Å²) < 4.78 is 13.2. The largest absolute Gasteiger partial charge is 0.360 e. The lowest BCUT2D eigenvalue weighted by molar-refractivity contribution is -0.133. The third kappa shape index (κ3) is 3.83. The van der Waals surface area contributed by atoms with Gasteiger partial charge >= 0.3 is 0 Å². The molecule has 0 radical (unpaired) electrons. The van der Waals surface area contributed by atoms with Crippen LogP contribution in [0.3, 0.4) is 0 Å². The molecule has 0 bridgehead atoms. The molecule has 2 N–H and O–H groups in total. The van der Waals surface area contributed by atoms with Gasteiger partial charge in [-0.15, -0.1) is 0 Å².